The number of hydrogen-bond acceptors (Lipinski definition) is 4. The first-order valence-electron chi connectivity index (χ1n) is 8.17. The van der Waals surface area contributed by atoms with Crippen LogP contribution in [-0.4, -0.2) is 35.1 Å². The van der Waals surface area contributed by atoms with Gasteiger partial charge in [-0.1, -0.05) is 18.2 Å². The normalized spacial score (nSPS) is 17.8. The molecule has 0 amide bonds. The van der Waals surface area contributed by atoms with Crippen LogP contribution >= 0.6 is 0 Å². The van der Waals surface area contributed by atoms with Crippen molar-refractivity contribution in [3.8, 4) is 5.69 Å². The fourth-order valence-electron chi connectivity index (χ4n) is 2.65. The fraction of sp³-hybridized carbons (Fsp3) is 0.444. The lowest BCUT2D eigenvalue weighted by molar-refractivity contribution is -0.149. The molecule has 1 saturated heterocycles. The lowest BCUT2D eigenvalue weighted by Gasteiger charge is -2.22. The van der Waals surface area contributed by atoms with Crippen LogP contribution in [-0.2, 0) is 20.7 Å². The van der Waals surface area contributed by atoms with Gasteiger partial charge in [-0.3, -0.25) is 4.79 Å². The van der Waals surface area contributed by atoms with Gasteiger partial charge in [0, 0.05) is 19.2 Å². The summed E-state index contributed by atoms with van der Waals surface area (Å²) in [6.45, 7) is 1.16. The molecule has 2 heterocycles. The lowest BCUT2D eigenvalue weighted by Crippen LogP contribution is -2.26. The van der Waals surface area contributed by atoms with Gasteiger partial charge in [0.15, 0.2) is 0 Å². The monoisotopic (exact) mass is 314 g/mol. The minimum absolute atomic E-state index is 0.0773. The fourth-order valence-corrected chi connectivity index (χ4v) is 2.65. The molecule has 122 valence electrons. The Balaban J connectivity index is 1.43. The molecule has 2 aromatic rings. The molecule has 1 aliphatic rings. The Bertz CT molecular complexity index is 618. The van der Waals surface area contributed by atoms with Gasteiger partial charge in [0.05, 0.1) is 18.0 Å². The zero-order valence-electron chi connectivity index (χ0n) is 13.2. The molecule has 0 aliphatic carbocycles. The van der Waals surface area contributed by atoms with Crippen LogP contribution in [0.5, 0.6) is 0 Å². The van der Waals surface area contributed by atoms with Gasteiger partial charge in [-0.15, -0.1) is 0 Å². The number of rotatable bonds is 6. The minimum atomic E-state index is -0.174. The molecule has 1 unspecified atom stereocenters. The first-order valence-corrected chi connectivity index (χ1v) is 8.17. The summed E-state index contributed by atoms with van der Waals surface area (Å²) in [6.07, 6.45) is 8.07. The quantitative estimate of drug-likeness (QED) is 0.769. The molecule has 23 heavy (non-hydrogen) atoms. The lowest BCUT2D eigenvalue weighted by atomic mass is 10.1. The maximum atomic E-state index is 11.8. The standard InChI is InChI=1S/C18H22N2O3/c21-18(23-14-17-8-4-5-11-22-17)10-9-15-12-19-20(13-15)16-6-2-1-3-7-16/h1-3,6-7,12-13,17H,4-5,8-11,14H2. The zero-order valence-corrected chi connectivity index (χ0v) is 13.2. The summed E-state index contributed by atoms with van der Waals surface area (Å²) in [6, 6.07) is 9.91. The Hall–Kier alpha value is -2.14. The van der Waals surface area contributed by atoms with Gasteiger partial charge >= 0.3 is 5.97 Å². The highest BCUT2D eigenvalue weighted by Crippen LogP contribution is 2.13. The second kappa shape index (κ2) is 7.92. The molecular formula is C18H22N2O3. The van der Waals surface area contributed by atoms with Crippen LogP contribution < -0.4 is 0 Å². The van der Waals surface area contributed by atoms with E-state index in [0.717, 1.165) is 37.1 Å². The largest absolute Gasteiger partial charge is 0.463 e. The maximum absolute atomic E-state index is 11.8. The first-order chi connectivity index (χ1) is 11.3. The number of esters is 1. The highest BCUT2D eigenvalue weighted by molar-refractivity contribution is 5.69. The molecule has 1 fully saturated rings. The summed E-state index contributed by atoms with van der Waals surface area (Å²) in [5.41, 5.74) is 2.04. The van der Waals surface area contributed by atoms with Crippen molar-refractivity contribution < 1.29 is 14.3 Å². The van der Waals surface area contributed by atoms with Crippen LogP contribution in [0.15, 0.2) is 42.7 Å². The topological polar surface area (TPSA) is 53.4 Å². The molecule has 1 aromatic carbocycles. The molecule has 0 spiro atoms. The summed E-state index contributed by atoms with van der Waals surface area (Å²) in [4.78, 5) is 11.8. The van der Waals surface area contributed by atoms with Crippen molar-refractivity contribution in [2.24, 2.45) is 0 Å². The van der Waals surface area contributed by atoms with E-state index in [4.69, 9.17) is 9.47 Å². The van der Waals surface area contributed by atoms with E-state index in [-0.39, 0.29) is 12.1 Å². The number of ether oxygens (including phenoxy) is 2. The average Bonchev–Trinajstić information content (AvgIpc) is 3.09. The summed E-state index contributed by atoms with van der Waals surface area (Å²) < 4.78 is 12.7. The number of aryl methyl sites for hydroxylation is 1. The molecule has 1 aromatic heterocycles. The SMILES string of the molecule is O=C(CCc1cnn(-c2ccccc2)c1)OCC1CCCCO1. The van der Waals surface area contributed by atoms with Crippen molar-refractivity contribution in [2.45, 2.75) is 38.2 Å². The molecule has 3 rings (SSSR count). The van der Waals surface area contributed by atoms with Crippen molar-refractivity contribution in [1.29, 1.82) is 0 Å². The number of carbonyl (C=O) groups excluding carboxylic acids is 1. The smallest absolute Gasteiger partial charge is 0.306 e. The van der Waals surface area contributed by atoms with Crippen LogP contribution in [0, 0.1) is 0 Å². The number of benzene rings is 1. The van der Waals surface area contributed by atoms with E-state index in [9.17, 15) is 4.79 Å². The molecule has 1 aliphatic heterocycles. The molecule has 0 radical (unpaired) electrons. The Morgan fingerprint density at radius 2 is 2.17 bits per heavy atom. The van der Waals surface area contributed by atoms with E-state index in [1.54, 1.807) is 6.20 Å². The predicted octanol–water partition coefficient (Wildman–Crippen LogP) is 2.92. The summed E-state index contributed by atoms with van der Waals surface area (Å²) >= 11 is 0. The van der Waals surface area contributed by atoms with Crippen LogP contribution in [0.1, 0.15) is 31.2 Å². The van der Waals surface area contributed by atoms with Crippen LogP contribution in [0.2, 0.25) is 0 Å². The maximum Gasteiger partial charge on any atom is 0.306 e. The highest BCUT2D eigenvalue weighted by atomic mass is 16.6. The summed E-state index contributed by atoms with van der Waals surface area (Å²) in [5.74, 6) is -0.174. The van der Waals surface area contributed by atoms with Gasteiger partial charge < -0.3 is 9.47 Å². The van der Waals surface area contributed by atoms with Crippen molar-refractivity contribution in [1.82, 2.24) is 9.78 Å². The van der Waals surface area contributed by atoms with Crippen molar-refractivity contribution in [2.75, 3.05) is 13.2 Å². The number of carbonyl (C=O) groups is 1. The van der Waals surface area contributed by atoms with E-state index in [2.05, 4.69) is 5.10 Å². The van der Waals surface area contributed by atoms with Crippen LogP contribution in [0.3, 0.4) is 0 Å². The number of para-hydroxylation sites is 1. The minimum Gasteiger partial charge on any atom is -0.463 e. The first kappa shape index (κ1) is 15.7. The predicted molar refractivity (Wildman–Crippen MR) is 86.4 cm³/mol. The third-order valence-corrected chi connectivity index (χ3v) is 3.98. The molecule has 0 N–H and O–H groups in total. The second-order valence-electron chi connectivity index (χ2n) is 5.80. The van der Waals surface area contributed by atoms with E-state index in [0.29, 0.717) is 19.4 Å². The Morgan fingerprint density at radius 3 is 2.96 bits per heavy atom. The highest BCUT2D eigenvalue weighted by Gasteiger charge is 2.16. The van der Waals surface area contributed by atoms with E-state index < -0.39 is 0 Å². The second-order valence-corrected chi connectivity index (χ2v) is 5.80. The summed E-state index contributed by atoms with van der Waals surface area (Å²) in [5, 5.41) is 4.33. The molecule has 5 nitrogen and oxygen atoms in total. The summed E-state index contributed by atoms with van der Waals surface area (Å²) in [7, 11) is 0. The van der Waals surface area contributed by atoms with Crippen molar-refractivity contribution in [3.63, 3.8) is 0 Å². The van der Waals surface area contributed by atoms with E-state index in [1.165, 1.54) is 0 Å². The molecule has 5 heteroatoms. The number of aromatic nitrogens is 2. The van der Waals surface area contributed by atoms with Gasteiger partial charge in [-0.25, -0.2) is 4.68 Å². The van der Waals surface area contributed by atoms with E-state index >= 15 is 0 Å². The van der Waals surface area contributed by atoms with Crippen molar-refractivity contribution in [3.05, 3.63) is 48.3 Å². The molecule has 0 bridgehead atoms. The Morgan fingerprint density at radius 1 is 1.30 bits per heavy atom. The Kier molecular flexibility index (Phi) is 5.42. The van der Waals surface area contributed by atoms with Crippen molar-refractivity contribution >= 4 is 5.97 Å². The van der Waals surface area contributed by atoms with Gasteiger partial charge in [0.2, 0.25) is 0 Å². The van der Waals surface area contributed by atoms with Crippen LogP contribution in [0.25, 0.3) is 5.69 Å². The molecule has 1 atom stereocenters. The van der Waals surface area contributed by atoms with Gasteiger partial charge in [-0.05, 0) is 43.4 Å². The van der Waals surface area contributed by atoms with Gasteiger partial charge in [0.1, 0.15) is 6.61 Å². The number of hydrogen-bond donors (Lipinski definition) is 0. The number of nitrogens with zero attached hydrogens (tertiary/aromatic N) is 2. The van der Waals surface area contributed by atoms with Gasteiger partial charge in [0.25, 0.3) is 0 Å². The van der Waals surface area contributed by atoms with Gasteiger partial charge in [-0.2, -0.15) is 5.10 Å². The van der Waals surface area contributed by atoms with E-state index in [1.807, 2.05) is 41.2 Å². The van der Waals surface area contributed by atoms with Crippen LogP contribution in [0.4, 0.5) is 0 Å². The Labute approximate surface area is 136 Å². The average molecular weight is 314 g/mol. The zero-order chi connectivity index (χ0) is 15.9. The third kappa shape index (κ3) is 4.66. The molecule has 0 saturated carbocycles. The molecular weight excluding hydrogens is 292 g/mol. The third-order valence-electron chi connectivity index (χ3n) is 3.98.